The van der Waals surface area contributed by atoms with Crippen molar-refractivity contribution in [3.8, 4) is 11.8 Å². The minimum atomic E-state index is 0.542. The van der Waals surface area contributed by atoms with Crippen LogP contribution in [0.3, 0.4) is 0 Å². The van der Waals surface area contributed by atoms with E-state index >= 15 is 0 Å². The third kappa shape index (κ3) is 1.58. The summed E-state index contributed by atoms with van der Waals surface area (Å²) in [4.78, 5) is 2.32. The Kier molecular flexibility index (Phi) is 2.56. The molecule has 2 aromatic rings. The molecular formula is C13H14N4O. The molecule has 5 heteroatoms. The van der Waals surface area contributed by atoms with Gasteiger partial charge in [0, 0.05) is 19.2 Å². The van der Waals surface area contributed by atoms with E-state index < -0.39 is 0 Å². The Morgan fingerprint density at radius 2 is 2.17 bits per heavy atom. The standard InChI is InChI=1S/C13H14N4O/c1-18-12-6-11(16-4-2-3-5-16)9-17-13(12)10(7-14)8-15-17/h6,8-9H,2-5H2,1H3. The number of aromatic nitrogens is 2. The lowest BCUT2D eigenvalue weighted by Gasteiger charge is -2.18. The predicted molar refractivity (Wildman–Crippen MR) is 67.9 cm³/mol. The molecule has 0 aromatic carbocycles. The van der Waals surface area contributed by atoms with Crippen LogP contribution in [0.25, 0.3) is 5.52 Å². The minimum absolute atomic E-state index is 0.542. The SMILES string of the molecule is COc1cc(N2CCCC2)cn2ncc(C#N)c12. The summed E-state index contributed by atoms with van der Waals surface area (Å²) in [5.41, 5.74) is 2.38. The van der Waals surface area contributed by atoms with E-state index in [9.17, 15) is 0 Å². The monoisotopic (exact) mass is 242 g/mol. The number of hydrogen-bond donors (Lipinski definition) is 0. The van der Waals surface area contributed by atoms with Gasteiger partial charge in [0.25, 0.3) is 0 Å². The largest absolute Gasteiger partial charge is 0.494 e. The van der Waals surface area contributed by atoms with E-state index in [1.165, 1.54) is 12.8 Å². The number of pyridine rings is 1. The van der Waals surface area contributed by atoms with Gasteiger partial charge in [-0.25, -0.2) is 4.52 Å². The van der Waals surface area contributed by atoms with Gasteiger partial charge in [0.05, 0.1) is 25.2 Å². The molecule has 5 nitrogen and oxygen atoms in total. The predicted octanol–water partition coefficient (Wildman–Crippen LogP) is 1.81. The van der Waals surface area contributed by atoms with Crippen molar-refractivity contribution in [2.75, 3.05) is 25.1 Å². The van der Waals surface area contributed by atoms with Crippen molar-refractivity contribution < 1.29 is 4.74 Å². The lowest BCUT2D eigenvalue weighted by Crippen LogP contribution is -2.18. The van der Waals surface area contributed by atoms with Crippen LogP contribution in [0.4, 0.5) is 5.69 Å². The molecular weight excluding hydrogens is 228 g/mol. The van der Waals surface area contributed by atoms with E-state index in [1.54, 1.807) is 17.8 Å². The van der Waals surface area contributed by atoms with E-state index in [2.05, 4.69) is 16.1 Å². The van der Waals surface area contributed by atoms with Crippen molar-refractivity contribution in [2.45, 2.75) is 12.8 Å². The van der Waals surface area contributed by atoms with Crippen LogP contribution in [-0.4, -0.2) is 29.8 Å². The maximum Gasteiger partial charge on any atom is 0.148 e. The second-order valence-corrected chi connectivity index (χ2v) is 4.42. The molecule has 0 unspecified atom stereocenters. The van der Waals surface area contributed by atoms with Gasteiger partial charge in [-0.15, -0.1) is 0 Å². The maximum atomic E-state index is 9.06. The first-order valence-corrected chi connectivity index (χ1v) is 6.04. The van der Waals surface area contributed by atoms with Gasteiger partial charge in [-0.3, -0.25) is 0 Å². The number of anilines is 1. The normalized spacial score (nSPS) is 15.0. The highest BCUT2D eigenvalue weighted by atomic mass is 16.5. The Morgan fingerprint density at radius 3 is 2.83 bits per heavy atom. The molecule has 3 heterocycles. The summed E-state index contributed by atoms with van der Waals surface area (Å²) in [5.74, 6) is 0.702. The summed E-state index contributed by atoms with van der Waals surface area (Å²) in [7, 11) is 1.62. The quantitative estimate of drug-likeness (QED) is 0.806. The number of ether oxygens (including phenoxy) is 1. The Morgan fingerprint density at radius 1 is 1.39 bits per heavy atom. The molecule has 1 fully saturated rings. The molecule has 1 aliphatic heterocycles. The van der Waals surface area contributed by atoms with Crippen LogP contribution in [0.2, 0.25) is 0 Å². The first-order valence-electron chi connectivity index (χ1n) is 6.04. The van der Waals surface area contributed by atoms with Gasteiger partial charge in [0.15, 0.2) is 0 Å². The van der Waals surface area contributed by atoms with Crippen LogP contribution in [0.1, 0.15) is 18.4 Å². The zero-order valence-corrected chi connectivity index (χ0v) is 10.3. The topological polar surface area (TPSA) is 53.6 Å². The summed E-state index contributed by atoms with van der Waals surface area (Å²) >= 11 is 0. The molecule has 18 heavy (non-hydrogen) atoms. The molecule has 0 atom stereocenters. The lowest BCUT2D eigenvalue weighted by molar-refractivity contribution is 0.417. The number of methoxy groups -OCH3 is 1. The Balaban J connectivity index is 2.17. The second kappa shape index (κ2) is 4.22. The minimum Gasteiger partial charge on any atom is -0.494 e. The van der Waals surface area contributed by atoms with Gasteiger partial charge in [-0.1, -0.05) is 0 Å². The van der Waals surface area contributed by atoms with E-state index in [4.69, 9.17) is 10.00 Å². The van der Waals surface area contributed by atoms with Crippen molar-refractivity contribution in [1.29, 1.82) is 5.26 Å². The molecule has 92 valence electrons. The van der Waals surface area contributed by atoms with Gasteiger partial charge in [-0.05, 0) is 12.8 Å². The maximum absolute atomic E-state index is 9.06. The Labute approximate surface area is 105 Å². The molecule has 0 N–H and O–H groups in total. The van der Waals surface area contributed by atoms with Crippen molar-refractivity contribution in [3.05, 3.63) is 24.0 Å². The average molecular weight is 242 g/mol. The lowest BCUT2D eigenvalue weighted by atomic mass is 10.2. The van der Waals surface area contributed by atoms with Crippen molar-refractivity contribution in [2.24, 2.45) is 0 Å². The van der Waals surface area contributed by atoms with Crippen molar-refractivity contribution in [3.63, 3.8) is 0 Å². The molecule has 0 saturated carbocycles. The fraction of sp³-hybridized carbons (Fsp3) is 0.385. The van der Waals surface area contributed by atoms with E-state index in [1.807, 2.05) is 12.3 Å². The third-order valence-corrected chi connectivity index (χ3v) is 3.37. The van der Waals surface area contributed by atoms with Gasteiger partial charge in [0.2, 0.25) is 0 Å². The Bertz CT molecular complexity index is 620. The molecule has 2 aromatic heterocycles. The molecule has 3 rings (SSSR count). The molecule has 0 bridgehead atoms. The third-order valence-electron chi connectivity index (χ3n) is 3.37. The van der Waals surface area contributed by atoms with Gasteiger partial charge >= 0.3 is 0 Å². The fourth-order valence-corrected chi connectivity index (χ4v) is 2.46. The molecule has 0 radical (unpaired) electrons. The van der Waals surface area contributed by atoms with Crippen LogP contribution in [0.15, 0.2) is 18.5 Å². The number of nitrogens with zero attached hydrogens (tertiary/aromatic N) is 4. The van der Waals surface area contributed by atoms with Crippen molar-refractivity contribution >= 4 is 11.2 Å². The van der Waals surface area contributed by atoms with E-state index in [0.29, 0.717) is 11.3 Å². The summed E-state index contributed by atoms with van der Waals surface area (Å²) in [6.07, 6.45) is 5.99. The van der Waals surface area contributed by atoms with Crippen LogP contribution < -0.4 is 9.64 Å². The van der Waals surface area contributed by atoms with E-state index in [0.717, 1.165) is 24.3 Å². The molecule has 0 spiro atoms. The highest BCUT2D eigenvalue weighted by Crippen LogP contribution is 2.30. The second-order valence-electron chi connectivity index (χ2n) is 4.42. The van der Waals surface area contributed by atoms with E-state index in [-0.39, 0.29) is 0 Å². The zero-order valence-electron chi connectivity index (χ0n) is 10.3. The highest BCUT2D eigenvalue weighted by Gasteiger charge is 2.17. The smallest absolute Gasteiger partial charge is 0.148 e. The number of nitriles is 1. The highest BCUT2D eigenvalue weighted by molar-refractivity contribution is 5.72. The van der Waals surface area contributed by atoms with Gasteiger partial charge < -0.3 is 9.64 Å². The zero-order chi connectivity index (χ0) is 12.5. The summed E-state index contributed by atoms with van der Waals surface area (Å²) in [6.45, 7) is 2.14. The van der Waals surface area contributed by atoms with Crippen LogP contribution in [0, 0.1) is 11.3 Å². The summed E-state index contributed by atoms with van der Waals surface area (Å²) < 4.78 is 7.12. The van der Waals surface area contributed by atoms with Crippen LogP contribution in [-0.2, 0) is 0 Å². The Hall–Kier alpha value is -2.22. The van der Waals surface area contributed by atoms with Crippen molar-refractivity contribution in [1.82, 2.24) is 9.61 Å². The fourth-order valence-electron chi connectivity index (χ4n) is 2.46. The van der Waals surface area contributed by atoms with Crippen LogP contribution >= 0.6 is 0 Å². The number of fused-ring (bicyclic) bond motifs is 1. The van der Waals surface area contributed by atoms with Crippen LogP contribution in [0.5, 0.6) is 5.75 Å². The average Bonchev–Trinajstić information content (AvgIpc) is 3.06. The summed E-state index contributed by atoms with van der Waals surface area (Å²) in [6, 6.07) is 4.13. The molecule has 1 aliphatic rings. The first kappa shape index (κ1) is 10.9. The first-order chi connectivity index (χ1) is 8.83. The molecule has 0 aliphatic carbocycles. The number of hydrogen-bond acceptors (Lipinski definition) is 4. The molecule has 1 saturated heterocycles. The van der Waals surface area contributed by atoms with Gasteiger partial charge in [-0.2, -0.15) is 10.4 Å². The number of rotatable bonds is 2. The van der Waals surface area contributed by atoms with Gasteiger partial charge in [0.1, 0.15) is 22.9 Å². The molecule has 0 amide bonds. The summed E-state index contributed by atoms with van der Waals surface area (Å²) in [5, 5.41) is 13.3.